The zero-order valence-electron chi connectivity index (χ0n) is 14.2. The number of aromatic hydroxyl groups is 1. The maximum atomic E-state index is 9.52. The first-order chi connectivity index (χ1) is 10.7. The normalized spacial score (nSPS) is 30.6. The lowest BCUT2D eigenvalue weighted by Gasteiger charge is -2.54. The van der Waals surface area contributed by atoms with Gasteiger partial charge in [-0.05, 0) is 73.5 Å². The van der Waals surface area contributed by atoms with Gasteiger partial charge in [-0.3, -0.25) is 0 Å². The van der Waals surface area contributed by atoms with Crippen LogP contribution in [-0.4, -0.2) is 5.11 Å². The molecular formula is C21H32O. The summed E-state index contributed by atoms with van der Waals surface area (Å²) in [5.74, 6) is 0.396. The highest BCUT2D eigenvalue weighted by Crippen LogP contribution is 2.59. The molecule has 2 bridgehead atoms. The fourth-order valence-corrected chi connectivity index (χ4v) is 4.99. The van der Waals surface area contributed by atoms with Crippen LogP contribution in [0.4, 0.5) is 0 Å². The molecule has 0 aromatic heterocycles. The van der Waals surface area contributed by atoms with Crippen molar-refractivity contribution in [2.75, 3.05) is 0 Å². The van der Waals surface area contributed by atoms with Crippen molar-refractivity contribution in [1.29, 1.82) is 0 Å². The van der Waals surface area contributed by atoms with Gasteiger partial charge in [0.15, 0.2) is 0 Å². The van der Waals surface area contributed by atoms with Crippen molar-refractivity contribution >= 4 is 0 Å². The van der Waals surface area contributed by atoms with E-state index >= 15 is 0 Å². The summed E-state index contributed by atoms with van der Waals surface area (Å²) in [6, 6.07) is 8.07. The monoisotopic (exact) mass is 300 g/mol. The number of phenols is 1. The zero-order valence-corrected chi connectivity index (χ0v) is 14.2. The van der Waals surface area contributed by atoms with Crippen LogP contribution in [-0.2, 0) is 5.41 Å². The third kappa shape index (κ3) is 3.19. The van der Waals surface area contributed by atoms with E-state index in [2.05, 4.69) is 19.1 Å². The van der Waals surface area contributed by atoms with Crippen LogP contribution < -0.4 is 0 Å². The predicted molar refractivity (Wildman–Crippen MR) is 93.3 cm³/mol. The summed E-state index contributed by atoms with van der Waals surface area (Å²) in [4.78, 5) is 0. The van der Waals surface area contributed by atoms with Gasteiger partial charge in [0.2, 0.25) is 0 Å². The molecule has 1 aromatic rings. The second-order valence-electron chi connectivity index (χ2n) is 7.99. The van der Waals surface area contributed by atoms with E-state index in [0.29, 0.717) is 16.6 Å². The summed E-state index contributed by atoms with van der Waals surface area (Å²) in [5, 5.41) is 9.52. The highest BCUT2D eigenvalue weighted by molar-refractivity contribution is 5.33. The van der Waals surface area contributed by atoms with E-state index < -0.39 is 0 Å². The van der Waals surface area contributed by atoms with Crippen LogP contribution in [0.25, 0.3) is 0 Å². The van der Waals surface area contributed by atoms with Crippen molar-refractivity contribution in [2.24, 2.45) is 5.41 Å². The van der Waals surface area contributed by atoms with Gasteiger partial charge in [-0.25, -0.2) is 0 Å². The summed E-state index contributed by atoms with van der Waals surface area (Å²) >= 11 is 0. The first-order valence-corrected chi connectivity index (χ1v) is 9.48. The molecule has 0 atom stereocenters. The summed E-state index contributed by atoms with van der Waals surface area (Å²) in [7, 11) is 0. The SMILES string of the molecule is CCCCCCCC12CCC(c3ccc(O)cc3)(CC1)CC2. The molecule has 0 radical (unpaired) electrons. The smallest absolute Gasteiger partial charge is 0.115 e. The number of unbranched alkanes of at least 4 members (excludes halogenated alkanes) is 4. The van der Waals surface area contributed by atoms with Crippen molar-refractivity contribution < 1.29 is 5.11 Å². The molecule has 1 N–H and O–H groups in total. The maximum Gasteiger partial charge on any atom is 0.115 e. The highest BCUT2D eigenvalue weighted by Gasteiger charge is 2.48. The molecule has 3 aliphatic carbocycles. The molecule has 0 saturated heterocycles. The summed E-state index contributed by atoms with van der Waals surface area (Å²) < 4.78 is 0. The second kappa shape index (κ2) is 6.64. The quantitative estimate of drug-likeness (QED) is 0.582. The van der Waals surface area contributed by atoms with Gasteiger partial charge in [0.25, 0.3) is 0 Å². The zero-order chi connectivity index (χ0) is 15.5. The van der Waals surface area contributed by atoms with Crippen LogP contribution in [0.2, 0.25) is 0 Å². The number of fused-ring (bicyclic) bond motifs is 3. The van der Waals surface area contributed by atoms with E-state index in [1.165, 1.54) is 82.6 Å². The Balaban J connectivity index is 1.56. The Morgan fingerprint density at radius 2 is 1.41 bits per heavy atom. The molecule has 1 nitrogen and oxygen atoms in total. The second-order valence-corrected chi connectivity index (χ2v) is 7.99. The average molecular weight is 300 g/mol. The lowest BCUT2D eigenvalue weighted by atomic mass is 9.51. The van der Waals surface area contributed by atoms with Crippen molar-refractivity contribution in [2.45, 2.75) is 89.4 Å². The van der Waals surface area contributed by atoms with Crippen LogP contribution in [0.5, 0.6) is 5.75 Å². The van der Waals surface area contributed by atoms with Gasteiger partial charge in [-0.2, -0.15) is 0 Å². The van der Waals surface area contributed by atoms with Crippen molar-refractivity contribution in [3.8, 4) is 5.75 Å². The molecular weight excluding hydrogens is 268 g/mol. The van der Waals surface area contributed by atoms with Gasteiger partial charge >= 0.3 is 0 Å². The van der Waals surface area contributed by atoms with Crippen molar-refractivity contribution in [3.63, 3.8) is 0 Å². The lowest BCUT2D eigenvalue weighted by Crippen LogP contribution is -2.44. The maximum absolute atomic E-state index is 9.52. The van der Waals surface area contributed by atoms with Crippen LogP contribution in [0.15, 0.2) is 24.3 Å². The minimum atomic E-state index is 0.396. The molecule has 0 spiro atoms. The Morgan fingerprint density at radius 3 is 2.00 bits per heavy atom. The predicted octanol–water partition coefficient (Wildman–Crippen LogP) is 6.34. The number of hydrogen-bond acceptors (Lipinski definition) is 1. The molecule has 122 valence electrons. The Labute approximate surface area is 136 Å². The Morgan fingerprint density at radius 1 is 0.818 bits per heavy atom. The van der Waals surface area contributed by atoms with E-state index in [0.717, 1.165) is 0 Å². The molecule has 22 heavy (non-hydrogen) atoms. The molecule has 0 unspecified atom stereocenters. The number of benzene rings is 1. The summed E-state index contributed by atoms with van der Waals surface area (Å²) in [6.45, 7) is 2.30. The van der Waals surface area contributed by atoms with E-state index in [1.807, 2.05) is 12.1 Å². The van der Waals surface area contributed by atoms with Crippen LogP contribution in [0.3, 0.4) is 0 Å². The van der Waals surface area contributed by atoms with E-state index in [9.17, 15) is 5.11 Å². The Kier molecular flexibility index (Phi) is 4.80. The minimum Gasteiger partial charge on any atom is -0.508 e. The molecule has 0 amide bonds. The van der Waals surface area contributed by atoms with E-state index in [4.69, 9.17) is 0 Å². The van der Waals surface area contributed by atoms with E-state index in [1.54, 1.807) is 0 Å². The molecule has 3 saturated carbocycles. The molecule has 0 heterocycles. The standard InChI is InChI=1S/C21H32O/c1-2-3-4-5-6-11-20-12-15-21(16-13-20,17-14-20)18-7-9-19(22)10-8-18/h7-10,22H,2-6,11-17H2,1H3. The van der Waals surface area contributed by atoms with Crippen LogP contribution in [0, 0.1) is 5.41 Å². The Hall–Kier alpha value is -0.980. The largest absolute Gasteiger partial charge is 0.508 e. The van der Waals surface area contributed by atoms with Crippen molar-refractivity contribution in [3.05, 3.63) is 29.8 Å². The minimum absolute atomic E-state index is 0.396. The van der Waals surface area contributed by atoms with Gasteiger partial charge in [0.05, 0.1) is 0 Å². The molecule has 1 aromatic carbocycles. The third-order valence-corrected chi connectivity index (χ3v) is 6.69. The molecule has 1 heteroatoms. The molecule has 4 rings (SSSR count). The van der Waals surface area contributed by atoms with Gasteiger partial charge in [-0.15, -0.1) is 0 Å². The third-order valence-electron chi connectivity index (χ3n) is 6.69. The average Bonchev–Trinajstić information content (AvgIpc) is 2.57. The molecule has 0 aliphatic heterocycles. The van der Waals surface area contributed by atoms with E-state index in [-0.39, 0.29) is 0 Å². The number of hydrogen-bond donors (Lipinski definition) is 1. The topological polar surface area (TPSA) is 20.2 Å². The fraction of sp³-hybridized carbons (Fsp3) is 0.714. The van der Waals surface area contributed by atoms with Gasteiger partial charge in [-0.1, -0.05) is 51.2 Å². The van der Waals surface area contributed by atoms with Crippen LogP contribution >= 0.6 is 0 Å². The van der Waals surface area contributed by atoms with Gasteiger partial charge < -0.3 is 5.11 Å². The van der Waals surface area contributed by atoms with Crippen LogP contribution in [0.1, 0.15) is 89.5 Å². The molecule has 3 aliphatic rings. The van der Waals surface area contributed by atoms with Gasteiger partial charge in [0, 0.05) is 0 Å². The number of phenolic OH excluding ortho intramolecular Hbond substituents is 1. The van der Waals surface area contributed by atoms with Gasteiger partial charge in [0.1, 0.15) is 5.75 Å². The highest BCUT2D eigenvalue weighted by atomic mass is 16.3. The first kappa shape index (κ1) is 15.9. The number of rotatable bonds is 7. The summed E-state index contributed by atoms with van der Waals surface area (Å²) in [6.07, 6.45) is 17.0. The van der Waals surface area contributed by atoms with Crippen molar-refractivity contribution in [1.82, 2.24) is 0 Å². The molecule has 3 fully saturated rings. The Bertz CT molecular complexity index is 449. The fourth-order valence-electron chi connectivity index (χ4n) is 4.99. The summed E-state index contributed by atoms with van der Waals surface area (Å²) in [5.41, 5.74) is 2.59. The lowest BCUT2D eigenvalue weighted by molar-refractivity contribution is 0.0304. The first-order valence-electron chi connectivity index (χ1n) is 9.48.